The van der Waals surface area contributed by atoms with E-state index >= 15 is 0 Å². The van der Waals surface area contributed by atoms with Crippen molar-refractivity contribution in [1.29, 1.82) is 0 Å². The maximum atomic E-state index is 8.70. The number of aromatic nitrogens is 1. The SMILES string of the molecule is OCCCNC1CCc2cccnc2C1. The second-order valence-electron chi connectivity index (χ2n) is 4.08. The van der Waals surface area contributed by atoms with Gasteiger partial charge >= 0.3 is 0 Å². The molecule has 82 valence electrons. The van der Waals surface area contributed by atoms with E-state index in [1.807, 2.05) is 12.3 Å². The van der Waals surface area contributed by atoms with Crippen molar-refractivity contribution < 1.29 is 5.11 Å². The van der Waals surface area contributed by atoms with Crippen LogP contribution in [0.3, 0.4) is 0 Å². The third kappa shape index (κ3) is 2.76. The van der Waals surface area contributed by atoms with Crippen molar-refractivity contribution in [2.45, 2.75) is 31.7 Å². The zero-order valence-electron chi connectivity index (χ0n) is 8.95. The molecule has 0 bridgehead atoms. The Kier molecular flexibility index (Phi) is 3.69. The molecule has 0 aliphatic heterocycles. The molecule has 0 radical (unpaired) electrons. The molecule has 1 atom stereocenters. The van der Waals surface area contributed by atoms with Crippen molar-refractivity contribution in [3.8, 4) is 0 Å². The minimum absolute atomic E-state index is 0.272. The molecule has 0 fully saturated rings. The van der Waals surface area contributed by atoms with Gasteiger partial charge in [0.25, 0.3) is 0 Å². The number of fused-ring (bicyclic) bond motifs is 1. The van der Waals surface area contributed by atoms with Crippen molar-refractivity contribution in [2.75, 3.05) is 13.2 Å². The zero-order chi connectivity index (χ0) is 10.5. The highest BCUT2D eigenvalue weighted by atomic mass is 16.3. The number of aliphatic hydroxyl groups is 1. The highest BCUT2D eigenvalue weighted by Crippen LogP contribution is 2.18. The Labute approximate surface area is 90.5 Å². The first-order valence-electron chi connectivity index (χ1n) is 5.67. The summed E-state index contributed by atoms with van der Waals surface area (Å²) in [5, 5.41) is 12.2. The molecule has 1 aromatic heterocycles. The summed E-state index contributed by atoms with van der Waals surface area (Å²) in [5.41, 5.74) is 2.64. The fraction of sp³-hybridized carbons (Fsp3) is 0.583. The number of aryl methyl sites for hydroxylation is 1. The third-order valence-corrected chi connectivity index (χ3v) is 2.95. The van der Waals surface area contributed by atoms with E-state index in [-0.39, 0.29) is 6.61 Å². The average Bonchev–Trinajstić information content (AvgIpc) is 2.29. The Balaban J connectivity index is 1.88. The molecule has 3 heteroatoms. The molecule has 1 heterocycles. The number of hydrogen-bond acceptors (Lipinski definition) is 3. The fourth-order valence-corrected chi connectivity index (χ4v) is 2.11. The van der Waals surface area contributed by atoms with Gasteiger partial charge in [0.2, 0.25) is 0 Å². The van der Waals surface area contributed by atoms with Gasteiger partial charge in [0.15, 0.2) is 0 Å². The van der Waals surface area contributed by atoms with Crippen molar-refractivity contribution in [2.24, 2.45) is 0 Å². The molecular weight excluding hydrogens is 188 g/mol. The normalized spacial score (nSPS) is 19.9. The molecule has 1 unspecified atom stereocenters. The minimum atomic E-state index is 0.272. The van der Waals surface area contributed by atoms with Gasteiger partial charge in [-0.05, 0) is 37.4 Å². The Morgan fingerprint density at radius 2 is 2.47 bits per heavy atom. The Hall–Kier alpha value is -0.930. The smallest absolute Gasteiger partial charge is 0.0451 e. The zero-order valence-corrected chi connectivity index (χ0v) is 8.95. The largest absolute Gasteiger partial charge is 0.396 e. The lowest BCUT2D eigenvalue weighted by Crippen LogP contribution is -2.35. The summed E-state index contributed by atoms with van der Waals surface area (Å²) in [6, 6.07) is 4.73. The van der Waals surface area contributed by atoms with Crippen LogP contribution in [0.4, 0.5) is 0 Å². The molecule has 15 heavy (non-hydrogen) atoms. The molecule has 1 aliphatic rings. The van der Waals surface area contributed by atoms with Crippen LogP contribution >= 0.6 is 0 Å². The topological polar surface area (TPSA) is 45.1 Å². The molecule has 0 spiro atoms. The summed E-state index contributed by atoms with van der Waals surface area (Å²) in [7, 11) is 0. The highest BCUT2D eigenvalue weighted by Gasteiger charge is 2.18. The predicted octanol–water partition coefficient (Wildman–Crippen LogP) is 0.911. The monoisotopic (exact) mass is 206 g/mol. The van der Waals surface area contributed by atoms with Gasteiger partial charge in [-0.1, -0.05) is 6.07 Å². The van der Waals surface area contributed by atoms with E-state index in [9.17, 15) is 0 Å². The van der Waals surface area contributed by atoms with Gasteiger partial charge in [-0.3, -0.25) is 4.98 Å². The van der Waals surface area contributed by atoms with Gasteiger partial charge < -0.3 is 10.4 Å². The van der Waals surface area contributed by atoms with Crippen LogP contribution in [-0.2, 0) is 12.8 Å². The van der Waals surface area contributed by atoms with Gasteiger partial charge in [-0.15, -0.1) is 0 Å². The molecule has 1 aromatic rings. The lowest BCUT2D eigenvalue weighted by atomic mass is 9.92. The summed E-state index contributed by atoms with van der Waals surface area (Å²) in [6.07, 6.45) is 6.05. The summed E-state index contributed by atoms with van der Waals surface area (Å²) in [5.74, 6) is 0. The molecule has 2 N–H and O–H groups in total. The first kappa shape index (κ1) is 10.6. The standard InChI is InChI=1S/C12H18N2O/c15-8-2-7-13-11-5-4-10-3-1-6-14-12(10)9-11/h1,3,6,11,13,15H,2,4-5,7-9H2. The van der Waals surface area contributed by atoms with Crippen LogP contribution in [-0.4, -0.2) is 29.3 Å². The van der Waals surface area contributed by atoms with Crippen LogP contribution in [0, 0.1) is 0 Å². The maximum absolute atomic E-state index is 8.70. The van der Waals surface area contributed by atoms with Crippen molar-refractivity contribution in [3.63, 3.8) is 0 Å². The Morgan fingerprint density at radius 3 is 3.33 bits per heavy atom. The number of pyridine rings is 1. The van der Waals surface area contributed by atoms with Crippen LogP contribution in [0.2, 0.25) is 0 Å². The number of rotatable bonds is 4. The number of nitrogens with zero attached hydrogens (tertiary/aromatic N) is 1. The fourth-order valence-electron chi connectivity index (χ4n) is 2.11. The average molecular weight is 206 g/mol. The van der Waals surface area contributed by atoms with E-state index in [2.05, 4.69) is 16.4 Å². The van der Waals surface area contributed by atoms with Crippen molar-refractivity contribution in [3.05, 3.63) is 29.6 Å². The van der Waals surface area contributed by atoms with E-state index < -0.39 is 0 Å². The molecule has 3 nitrogen and oxygen atoms in total. The van der Waals surface area contributed by atoms with Crippen LogP contribution in [0.5, 0.6) is 0 Å². The summed E-state index contributed by atoms with van der Waals surface area (Å²) in [4.78, 5) is 4.41. The quantitative estimate of drug-likeness (QED) is 0.720. The first-order chi connectivity index (χ1) is 7.40. The lowest BCUT2D eigenvalue weighted by molar-refractivity contribution is 0.281. The molecule has 0 saturated carbocycles. The van der Waals surface area contributed by atoms with E-state index in [0.29, 0.717) is 6.04 Å². The number of hydrogen-bond donors (Lipinski definition) is 2. The summed E-state index contributed by atoms with van der Waals surface area (Å²) in [6.45, 7) is 1.18. The summed E-state index contributed by atoms with van der Waals surface area (Å²) < 4.78 is 0. The highest BCUT2D eigenvalue weighted by molar-refractivity contribution is 5.23. The molecule has 2 rings (SSSR count). The van der Waals surface area contributed by atoms with Crippen LogP contribution in [0.1, 0.15) is 24.1 Å². The summed E-state index contributed by atoms with van der Waals surface area (Å²) >= 11 is 0. The van der Waals surface area contributed by atoms with Gasteiger partial charge in [-0.25, -0.2) is 0 Å². The third-order valence-electron chi connectivity index (χ3n) is 2.95. The molecule has 1 aliphatic carbocycles. The van der Waals surface area contributed by atoms with Crippen LogP contribution in [0.25, 0.3) is 0 Å². The molecule has 0 aromatic carbocycles. The molecule has 0 saturated heterocycles. The second kappa shape index (κ2) is 5.24. The van der Waals surface area contributed by atoms with Crippen molar-refractivity contribution >= 4 is 0 Å². The van der Waals surface area contributed by atoms with Gasteiger partial charge in [0.05, 0.1) is 0 Å². The maximum Gasteiger partial charge on any atom is 0.0451 e. The molecule has 0 amide bonds. The van der Waals surface area contributed by atoms with E-state index in [4.69, 9.17) is 5.11 Å². The van der Waals surface area contributed by atoms with Crippen LogP contribution in [0.15, 0.2) is 18.3 Å². The van der Waals surface area contributed by atoms with Gasteiger partial charge in [-0.2, -0.15) is 0 Å². The lowest BCUT2D eigenvalue weighted by Gasteiger charge is -2.24. The number of nitrogens with one attached hydrogen (secondary N) is 1. The van der Waals surface area contributed by atoms with Gasteiger partial charge in [0, 0.05) is 31.0 Å². The Morgan fingerprint density at radius 1 is 1.53 bits per heavy atom. The number of aliphatic hydroxyl groups excluding tert-OH is 1. The van der Waals surface area contributed by atoms with Gasteiger partial charge in [0.1, 0.15) is 0 Å². The Bertz CT molecular complexity index is 314. The van der Waals surface area contributed by atoms with E-state index in [0.717, 1.165) is 25.8 Å². The minimum Gasteiger partial charge on any atom is -0.396 e. The van der Waals surface area contributed by atoms with E-state index in [1.54, 1.807) is 0 Å². The molecular formula is C12H18N2O. The first-order valence-corrected chi connectivity index (χ1v) is 5.67. The van der Waals surface area contributed by atoms with Crippen LogP contribution < -0.4 is 5.32 Å². The van der Waals surface area contributed by atoms with Crippen molar-refractivity contribution in [1.82, 2.24) is 10.3 Å². The second-order valence-corrected chi connectivity index (χ2v) is 4.08. The predicted molar refractivity (Wildman–Crippen MR) is 59.8 cm³/mol. The van der Waals surface area contributed by atoms with E-state index in [1.165, 1.54) is 17.7 Å².